The molecule has 0 unspecified atom stereocenters. The summed E-state index contributed by atoms with van der Waals surface area (Å²) in [5.41, 5.74) is 1.62. The van der Waals surface area contributed by atoms with Crippen LogP contribution in [0, 0.1) is 17.0 Å². The smallest absolute Gasteiger partial charge is 0.270 e. The van der Waals surface area contributed by atoms with Gasteiger partial charge in [0.2, 0.25) is 5.91 Å². The van der Waals surface area contributed by atoms with E-state index in [2.05, 4.69) is 10.6 Å². The van der Waals surface area contributed by atoms with Gasteiger partial charge in [0, 0.05) is 30.4 Å². The Hall–Kier alpha value is -2.93. The Bertz CT molecular complexity index is 836. The molecule has 0 bridgehead atoms. The molecule has 0 spiro atoms. The van der Waals surface area contributed by atoms with E-state index in [1.165, 1.54) is 19.1 Å². The number of anilines is 2. The molecular formula is C16H14ClN3O4. The van der Waals surface area contributed by atoms with E-state index in [0.717, 1.165) is 11.6 Å². The largest absolute Gasteiger partial charge is 0.326 e. The van der Waals surface area contributed by atoms with Crippen LogP contribution < -0.4 is 10.6 Å². The minimum Gasteiger partial charge on any atom is -0.326 e. The molecule has 2 amide bonds. The van der Waals surface area contributed by atoms with Crippen LogP contribution in [0.25, 0.3) is 0 Å². The lowest BCUT2D eigenvalue weighted by Crippen LogP contribution is -2.14. The van der Waals surface area contributed by atoms with Gasteiger partial charge in [0.1, 0.15) is 0 Å². The first-order valence-corrected chi connectivity index (χ1v) is 7.29. The van der Waals surface area contributed by atoms with Gasteiger partial charge in [0.15, 0.2) is 0 Å². The second-order valence-electron chi connectivity index (χ2n) is 5.09. The van der Waals surface area contributed by atoms with E-state index in [1.807, 2.05) is 0 Å². The zero-order valence-corrected chi connectivity index (χ0v) is 13.7. The lowest BCUT2D eigenvalue weighted by molar-refractivity contribution is -0.384. The maximum atomic E-state index is 12.3. The van der Waals surface area contributed by atoms with Gasteiger partial charge >= 0.3 is 0 Å². The van der Waals surface area contributed by atoms with Crippen molar-refractivity contribution in [3.63, 3.8) is 0 Å². The summed E-state index contributed by atoms with van der Waals surface area (Å²) in [5, 5.41) is 16.2. The number of rotatable bonds is 4. The van der Waals surface area contributed by atoms with Crippen LogP contribution in [0.5, 0.6) is 0 Å². The van der Waals surface area contributed by atoms with Crippen molar-refractivity contribution in [2.24, 2.45) is 0 Å². The molecule has 2 N–H and O–H groups in total. The molecule has 0 atom stereocenters. The number of nitro groups is 1. The third-order valence-corrected chi connectivity index (χ3v) is 3.53. The molecule has 0 saturated heterocycles. The predicted molar refractivity (Wildman–Crippen MR) is 91.5 cm³/mol. The van der Waals surface area contributed by atoms with Crippen molar-refractivity contribution in [2.45, 2.75) is 13.8 Å². The molecule has 0 aromatic heterocycles. The molecular weight excluding hydrogens is 334 g/mol. The number of non-ortho nitro benzene ring substituents is 1. The number of amides is 2. The Morgan fingerprint density at radius 3 is 2.42 bits per heavy atom. The van der Waals surface area contributed by atoms with Crippen LogP contribution in [-0.2, 0) is 4.79 Å². The van der Waals surface area contributed by atoms with Crippen LogP contribution in [0.1, 0.15) is 22.8 Å². The molecule has 2 aromatic carbocycles. The van der Waals surface area contributed by atoms with Gasteiger partial charge in [-0.05, 0) is 36.8 Å². The second kappa shape index (κ2) is 7.10. The summed E-state index contributed by atoms with van der Waals surface area (Å²) in [6.45, 7) is 3.16. The van der Waals surface area contributed by atoms with Crippen LogP contribution in [0.3, 0.4) is 0 Å². The molecule has 124 valence electrons. The highest BCUT2D eigenvalue weighted by Crippen LogP contribution is 2.25. The van der Waals surface area contributed by atoms with Crippen LogP contribution in [0.4, 0.5) is 17.1 Å². The van der Waals surface area contributed by atoms with Gasteiger partial charge in [-0.2, -0.15) is 0 Å². The summed E-state index contributed by atoms with van der Waals surface area (Å²) >= 11 is 5.95. The molecule has 8 heteroatoms. The van der Waals surface area contributed by atoms with E-state index in [-0.39, 0.29) is 22.2 Å². The fraction of sp³-hybridized carbons (Fsp3) is 0.125. The molecule has 2 rings (SSSR count). The van der Waals surface area contributed by atoms with Crippen molar-refractivity contribution >= 4 is 40.5 Å². The van der Waals surface area contributed by atoms with Crippen LogP contribution in [0.2, 0.25) is 5.02 Å². The first-order valence-electron chi connectivity index (χ1n) is 6.91. The number of carbonyl (C=O) groups excluding carboxylic acids is 2. The van der Waals surface area contributed by atoms with E-state index in [1.54, 1.807) is 25.1 Å². The highest BCUT2D eigenvalue weighted by molar-refractivity contribution is 6.34. The van der Waals surface area contributed by atoms with Gasteiger partial charge in [0.25, 0.3) is 11.6 Å². The van der Waals surface area contributed by atoms with E-state index in [0.29, 0.717) is 11.4 Å². The highest BCUT2D eigenvalue weighted by Gasteiger charge is 2.16. The third kappa shape index (κ3) is 4.08. The average Bonchev–Trinajstić information content (AvgIpc) is 2.49. The summed E-state index contributed by atoms with van der Waals surface area (Å²) < 4.78 is 0. The fourth-order valence-corrected chi connectivity index (χ4v) is 2.28. The SMILES string of the molecule is CC(=O)Nc1ccc(NC(=O)c2cc([N+](=O)[O-])ccc2Cl)c(C)c1. The standard InChI is InChI=1S/C16H14ClN3O4/c1-9-7-11(18-10(2)21)3-6-15(9)19-16(22)13-8-12(20(23)24)4-5-14(13)17/h3-8H,1-2H3,(H,18,21)(H,19,22). The van der Waals surface area contributed by atoms with Crippen LogP contribution in [-0.4, -0.2) is 16.7 Å². The lowest BCUT2D eigenvalue weighted by atomic mass is 10.1. The number of nitro benzene ring substituents is 1. The summed E-state index contributed by atoms with van der Waals surface area (Å²) in [5.74, 6) is -0.756. The topological polar surface area (TPSA) is 101 Å². The Morgan fingerprint density at radius 1 is 1.12 bits per heavy atom. The summed E-state index contributed by atoms with van der Waals surface area (Å²) in [7, 11) is 0. The number of hydrogen-bond donors (Lipinski definition) is 2. The normalized spacial score (nSPS) is 10.1. The van der Waals surface area contributed by atoms with Gasteiger partial charge in [0.05, 0.1) is 15.5 Å². The van der Waals surface area contributed by atoms with Crippen LogP contribution in [0.15, 0.2) is 36.4 Å². The molecule has 7 nitrogen and oxygen atoms in total. The van der Waals surface area contributed by atoms with Gasteiger partial charge < -0.3 is 10.6 Å². The average molecular weight is 348 g/mol. The molecule has 0 radical (unpaired) electrons. The number of carbonyl (C=O) groups is 2. The van der Waals surface area contributed by atoms with Crippen LogP contribution >= 0.6 is 11.6 Å². The minimum atomic E-state index is -0.597. The number of benzene rings is 2. The van der Waals surface area contributed by atoms with Crippen molar-refractivity contribution in [1.82, 2.24) is 0 Å². The maximum Gasteiger partial charge on any atom is 0.270 e. The highest BCUT2D eigenvalue weighted by atomic mass is 35.5. The Balaban J connectivity index is 2.25. The molecule has 0 aliphatic heterocycles. The number of hydrogen-bond acceptors (Lipinski definition) is 4. The number of nitrogens with zero attached hydrogens (tertiary/aromatic N) is 1. The molecule has 24 heavy (non-hydrogen) atoms. The van der Waals surface area contributed by atoms with E-state index in [9.17, 15) is 19.7 Å². The molecule has 0 heterocycles. The lowest BCUT2D eigenvalue weighted by Gasteiger charge is -2.11. The maximum absolute atomic E-state index is 12.3. The van der Waals surface area contributed by atoms with E-state index in [4.69, 9.17) is 11.6 Å². The molecule has 2 aromatic rings. The summed E-state index contributed by atoms with van der Waals surface area (Å²) in [4.78, 5) is 33.6. The van der Waals surface area contributed by atoms with Gasteiger partial charge in [-0.15, -0.1) is 0 Å². The number of nitrogens with one attached hydrogen (secondary N) is 2. The van der Waals surface area contributed by atoms with Crippen molar-refractivity contribution in [1.29, 1.82) is 0 Å². The summed E-state index contributed by atoms with van der Waals surface area (Å²) in [6.07, 6.45) is 0. The second-order valence-corrected chi connectivity index (χ2v) is 5.49. The Kier molecular flexibility index (Phi) is 5.15. The van der Waals surface area contributed by atoms with Crippen molar-refractivity contribution < 1.29 is 14.5 Å². The molecule has 0 aliphatic carbocycles. The zero-order valence-electron chi connectivity index (χ0n) is 12.9. The first kappa shape index (κ1) is 17.4. The minimum absolute atomic E-state index is 0.0104. The van der Waals surface area contributed by atoms with Crippen molar-refractivity contribution in [2.75, 3.05) is 10.6 Å². The molecule has 0 saturated carbocycles. The summed E-state index contributed by atoms with van der Waals surface area (Å²) in [6, 6.07) is 8.63. The quantitative estimate of drug-likeness (QED) is 0.649. The van der Waals surface area contributed by atoms with Gasteiger partial charge in [-0.1, -0.05) is 11.6 Å². The Morgan fingerprint density at radius 2 is 1.83 bits per heavy atom. The zero-order chi connectivity index (χ0) is 17.9. The predicted octanol–water partition coefficient (Wildman–Crippen LogP) is 3.77. The molecule has 0 fully saturated rings. The van der Waals surface area contributed by atoms with Crippen molar-refractivity contribution in [3.05, 3.63) is 62.7 Å². The third-order valence-electron chi connectivity index (χ3n) is 3.20. The van der Waals surface area contributed by atoms with Gasteiger partial charge in [-0.25, -0.2) is 0 Å². The first-order chi connectivity index (χ1) is 11.3. The number of aryl methyl sites for hydroxylation is 1. The number of halogens is 1. The Labute approximate surface area is 142 Å². The van der Waals surface area contributed by atoms with E-state index < -0.39 is 10.8 Å². The van der Waals surface area contributed by atoms with Crippen molar-refractivity contribution in [3.8, 4) is 0 Å². The monoisotopic (exact) mass is 347 g/mol. The molecule has 0 aliphatic rings. The fourth-order valence-electron chi connectivity index (χ4n) is 2.08. The van der Waals surface area contributed by atoms with E-state index >= 15 is 0 Å². The van der Waals surface area contributed by atoms with Gasteiger partial charge in [-0.3, -0.25) is 19.7 Å².